The van der Waals surface area contributed by atoms with Crippen LogP contribution in [0.2, 0.25) is 0 Å². The van der Waals surface area contributed by atoms with Crippen LogP contribution in [0.4, 0.5) is 0 Å². The number of hydrogen-bond donors (Lipinski definition) is 1. The van der Waals surface area contributed by atoms with Gasteiger partial charge in [0.25, 0.3) is 0 Å². The van der Waals surface area contributed by atoms with E-state index in [9.17, 15) is 9.90 Å². The Morgan fingerprint density at radius 1 is 1.19 bits per heavy atom. The minimum Gasteiger partial charge on any atom is -0.458 e. The molecule has 4 aliphatic carbocycles. The fourth-order valence-corrected chi connectivity index (χ4v) is 7.88. The zero-order valence-corrected chi connectivity index (χ0v) is 16.4. The Bertz CT molecular complexity index is 721. The van der Waals surface area contributed by atoms with Crippen LogP contribution >= 0.6 is 0 Å². The van der Waals surface area contributed by atoms with Crippen molar-refractivity contribution in [2.75, 3.05) is 0 Å². The molecule has 0 aromatic heterocycles. The molecule has 0 aromatic carbocycles. The van der Waals surface area contributed by atoms with Crippen molar-refractivity contribution in [1.82, 2.24) is 0 Å². The van der Waals surface area contributed by atoms with E-state index < -0.39 is 0 Å². The first-order valence-electron chi connectivity index (χ1n) is 10.6. The van der Waals surface area contributed by atoms with E-state index in [2.05, 4.69) is 32.9 Å². The van der Waals surface area contributed by atoms with Crippen molar-refractivity contribution in [3.8, 4) is 0 Å². The zero-order valence-electron chi connectivity index (χ0n) is 16.4. The smallest absolute Gasteiger partial charge is 0.306 e. The molecule has 3 heteroatoms. The lowest BCUT2D eigenvalue weighted by Gasteiger charge is -2.59. The second-order valence-corrected chi connectivity index (χ2v) is 10.3. The summed E-state index contributed by atoms with van der Waals surface area (Å²) in [5.74, 6) is 1.39. The molecule has 5 aliphatic rings. The zero-order chi connectivity index (χ0) is 18.3. The first-order chi connectivity index (χ1) is 12.3. The third-order valence-electron chi connectivity index (χ3n) is 9.23. The molecular formula is C23H32O3. The normalized spacial score (nSPS) is 52.7. The Morgan fingerprint density at radius 2 is 2.00 bits per heavy atom. The van der Waals surface area contributed by atoms with Crippen LogP contribution in [-0.4, -0.2) is 22.8 Å². The van der Waals surface area contributed by atoms with Gasteiger partial charge in [-0.25, -0.2) is 0 Å². The summed E-state index contributed by atoms with van der Waals surface area (Å²) in [7, 11) is 0. The minimum atomic E-state index is -0.311. The lowest BCUT2D eigenvalue weighted by atomic mass is 9.46. The topological polar surface area (TPSA) is 46.5 Å². The summed E-state index contributed by atoms with van der Waals surface area (Å²) in [6.07, 6.45) is 12.3. The fourth-order valence-electron chi connectivity index (χ4n) is 7.88. The molecular weight excluding hydrogens is 324 g/mol. The van der Waals surface area contributed by atoms with E-state index in [0.29, 0.717) is 24.2 Å². The van der Waals surface area contributed by atoms with Crippen molar-refractivity contribution in [2.24, 2.45) is 28.6 Å². The quantitative estimate of drug-likeness (QED) is 0.648. The lowest BCUT2D eigenvalue weighted by molar-refractivity contribution is -0.181. The Morgan fingerprint density at radius 3 is 2.73 bits per heavy atom. The van der Waals surface area contributed by atoms with Gasteiger partial charge in [-0.3, -0.25) is 4.79 Å². The van der Waals surface area contributed by atoms with E-state index in [1.54, 1.807) is 0 Å². The van der Waals surface area contributed by atoms with Crippen molar-refractivity contribution in [3.05, 3.63) is 23.3 Å². The maximum Gasteiger partial charge on any atom is 0.306 e. The molecule has 2 saturated carbocycles. The van der Waals surface area contributed by atoms with Gasteiger partial charge in [-0.05, 0) is 80.6 Å². The maximum absolute atomic E-state index is 12.0. The fraction of sp³-hybridized carbons (Fsp3) is 0.783. The second kappa shape index (κ2) is 5.25. The third-order valence-corrected chi connectivity index (χ3v) is 9.23. The van der Waals surface area contributed by atoms with Crippen molar-refractivity contribution in [1.29, 1.82) is 0 Å². The summed E-state index contributed by atoms with van der Waals surface area (Å²) in [4.78, 5) is 12.0. The van der Waals surface area contributed by atoms with Gasteiger partial charge in [0, 0.05) is 11.8 Å². The summed E-state index contributed by atoms with van der Waals surface area (Å²) < 4.78 is 5.98. The number of fused-ring (bicyclic) bond motifs is 6. The molecule has 3 fully saturated rings. The summed E-state index contributed by atoms with van der Waals surface area (Å²) in [6.45, 7) is 6.94. The van der Waals surface area contributed by atoms with Crippen LogP contribution in [0.5, 0.6) is 0 Å². The number of aliphatic hydroxyl groups excluding tert-OH is 1. The lowest BCUT2D eigenvalue weighted by Crippen LogP contribution is -2.59. The van der Waals surface area contributed by atoms with Crippen LogP contribution in [-0.2, 0) is 9.53 Å². The molecule has 1 heterocycles. The molecule has 26 heavy (non-hydrogen) atoms. The van der Waals surface area contributed by atoms with E-state index in [1.165, 1.54) is 11.1 Å². The number of rotatable bonds is 0. The van der Waals surface area contributed by atoms with Gasteiger partial charge in [-0.2, -0.15) is 0 Å². The van der Waals surface area contributed by atoms with Gasteiger partial charge in [0.15, 0.2) is 0 Å². The molecule has 1 aliphatic heterocycles. The summed E-state index contributed by atoms with van der Waals surface area (Å²) in [5, 5.41) is 11.4. The predicted molar refractivity (Wildman–Crippen MR) is 100 cm³/mol. The molecule has 1 spiro atoms. The number of ether oxygens (including phenoxy) is 1. The molecule has 0 amide bonds. The molecule has 3 nitrogen and oxygen atoms in total. The molecule has 0 aromatic rings. The average Bonchev–Trinajstić information content (AvgIpc) is 3.09. The molecule has 0 radical (unpaired) electrons. The molecule has 5 rings (SSSR count). The highest BCUT2D eigenvalue weighted by Gasteiger charge is 2.68. The van der Waals surface area contributed by atoms with Crippen LogP contribution in [0.15, 0.2) is 23.3 Å². The van der Waals surface area contributed by atoms with Gasteiger partial charge in [-0.1, -0.05) is 31.6 Å². The minimum absolute atomic E-state index is 0.0332. The first kappa shape index (κ1) is 17.0. The maximum atomic E-state index is 12.0. The van der Waals surface area contributed by atoms with E-state index >= 15 is 0 Å². The van der Waals surface area contributed by atoms with Gasteiger partial charge < -0.3 is 9.84 Å². The highest BCUT2D eigenvalue weighted by Crippen LogP contribution is 2.69. The molecule has 0 bridgehead atoms. The second-order valence-electron chi connectivity index (χ2n) is 10.3. The molecule has 6 unspecified atom stereocenters. The van der Waals surface area contributed by atoms with Gasteiger partial charge in [-0.15, -0.1) is 0 Å². The molecule has 1 saturated heterocycles. The predicted octanol–water partition coefficient (Wildman–Crippen LogP) is 4.55. The number of aliphatic hydroxyl groups is 1. The van der Waals surface area contributed by atoms with E-state index in [4.69, 9.17) is 4.74 Å². The molecule has 1 N–H and O–H groups in total. The van der Waals surface area contributed by atoms with Crippen molar-refractivity contribution in [2.45, 2.75) is 83.8 Å². The van der Waals surface area contributed by atoms with Gasteiger partial charge in [0.1, 0.15) is 5.60 Å². The standard InChI is InChI=1S/C23H32O3/c1-14-6-9-21(2)15(12-14)4-5-16-17-7-10-23(11-8-19(25)26-23)22(17,3)13-18(24)20(16)21/h4,12,16-18,20,24H,5-11,13H2,1-3H3/t16?,17?,18?,20?,21?,22?,23-/m1/s1. The van der Waals surface area contributed by atoms with Gasteiger partial charge in [0.05, 0.1) is 6.10 Å². The Hall–Kier alpha value is -1.09. The number of allylic oxidation sites excluding steroid dienone is 4. The largest absolute Gasteiger partial charge is 0.458 e. The van der Waals surface area contributed by atoms with E-state index in [1.807, 2.05) is 0 Å². The Labute approximate surface area is 156 Å². The SMILES string of the molecule is CC1=CC2=CCC3C(C(O)CC4(C)C3CC[C@@]43CCC(=O)O3)C2(C)CC1. The molecule has 7 atom stereocenters. The van der Waals surface area contributed by atoms with Crippen LogP contribution < -0.4 is 0 Å². The highest BCUT2D eigenvalue weighted by atomic mass is 16.6. The summed E-state index contributed by atoms with van der Waals surface area (Å²) in [5.41, 5.74) is 2.66. The van der Waals surface area contributed by atoms with E-state index in [0.717, 1.165) is 44.9 Å². The number of carbonyl (C=O) groups excluding carboxylic acids is 1. The van der Waals surface area contributed by atoms with Gasteiger partial charge >= 0.3 is 5.97 Å². The Balaban J connectivity index is 1.55. The number of carbonyl (C=O) groups is 1. The number of hydrogen-bond acceptors (Lipinski definition) is 3. The summed E-state index contributed by atoms with van der Waals surface area (Å²) >= 11 is 0. The average molecular weight is 357 g/mol. The van der Waals surface area contributed by atoms with Crippen LogP contribution in [0.25, 0.3) is 0 Å². The van der Waals surface area contributed by atoms with Crippen molar-refractivity contribution in [3.63, 3.8) is 0 Å². The van der Waals surface area contributed by atoms with Gasteiger partial charge in [0.2, 0.25) is 0 Å². The van der Waals surface area contributed by atoms with Crippen molar-refractivity contribution < 1.29 is 14.6 Å². The van der Waals surface area contributed by atoms with Crippen LogP contribution in [0.1, 0.15) is 72.1 Å². The number of esters is 1. The summed E-state index contributed by atoms with van der Waals surface area (Å²) in [6, 6.07) is 0. The van der Waals surface area contributed by atoms with Crippen molar-refractivity contribution >= 4 is 5.97 Å². The van der Waals surface area contributed by atoms with Crippen LogP contribution in [0.3, 0.4) is 0 Å². The highest BCUT2D eigenvalue weighted by molar-refractivity contribution is 5.72. The third kappa shape index (κ3) is 1.96. The Kier molecular flexibility index (Phi) is 3.44. The molecule has 142 valence electrons. The monoisotopic (exact) mass is 356 g/mol. The van der Waals surface area contributed by atoms with Crippen LogP contribution in [0, 0.1) is 28.6 Å². The van der Waals surface area contributed by atoms with E-state index in [-0.39, 0.29) is 28.5 Å². The first-order valence-corrected chi connectivity index (χ1v) is 10.6.